The van der Waals surface area contributed by atoms with Crippen molar-refractivity contribution in [3.05, 3.63) is 0 Å². The molecule has 1 saturated carbocycles. The van der Waals surface area contributed by atoms with E-state index in [4.69, 9.17) is 14.6 Å². The number of hydrogen-bond acceptors (Lipinski definition) is 5. The zero-order valence-electron chi connectivity index (χ0n) is 10.2. The van der Waals surface area contributed by atoms with Gasteiger partial charge in [0.2, 0.25) is 0 Å². The first kappa shape index (κ1) is 14.0. The SMILES string of the molecule is CCOC(=O)C1CCCCC1C(=O)OCCO. The summed E-state index contributed by atoms with van der Waals surface area (Å²) in [6, 6.07) is 0. The first-order valence-electron chi connectivity index (χ1n) is 6.14. The van der Waals surface area contributed by atoms with Crippen molar-refractivity contribution in [2.45, 2.75) is 32.6 Å². The van der Waals surface area contributed by atoms with E-state index in [1.165, 1.54) is 0 Å². The minimum Gasteiger partial charge on any atom is -0.466 e. The first-order chi connectivity index (χ1) is 8.20. The summed E-state index contributed by atoms with van der Waals surface area (Å²) in [6.07, 6.45) is 3.20. The lowest BCUT2D eigenvalue weighted by Gasteiger charge is -2.27. The number of ether oxygens (including phenoxy) is 2. The van der Waals surface area contributed by atoms with Gasteiger partial charge in [0.15, 0.2) is 0 Å². The van der Waals surface area contributed by atoms with Gasteiger partial charge in [-0.3, -0.25) is 9.59 Å². The van der Waals surface area contributed by atoms with Crippen molar-refractivity contribution in [3.63, 3.8) is 0 Å². The summed E-state index contributed by atoms with van der Waals surface area (Å²) in [5.41, 5.74) is 0. The van der Waals surface area contributed by atoms with Crippen LogP contribution in [0, 0.1) is 11.8 Å². The lowest BCUT2D eigenvalue weighted by atomic mass is 9.79. The Labute approximate surface area is 101 Å². The molecule has 0 heterocycles. The Hall–Kier alpha value is -1.10. The average Bonchev–Trinajstić information content (AvgIpc) is 2.36. The predicted molar refractivity (Wildman–Crippen MR) is 60.1 cm³/mol. The van der Waals surface area contributed by atoms with Gasteiger partial charge < -0.3 is 14.6 Å². The number of hydrogen-bond donors (Lipinski definition) is 1. The summed E-state index contributed by atoms with van der Waals surface area (Å²) in [4.78, 5) is 23.4. The van der Waals surface area contributed by atoms with E-state index in [9.17, 15) is 9.59 Å². The first-order valence-corrected chi connectivity index (χ1v) is 6.14. The number of esters is 2. The molecule has 0 radical (unpaired) electrons. The Bertz CT molecular complexity index is 264. The smallest absolute Gasteiger partial charge is 0.309 e. The quantitative estimate of drug-likeness (QED) is 0.727. The van der Waals surface area contributed by atoms with Crippen molar-refractivity contribution in [2.24, 2.45) is 11.8 Å². The van der Waals surface area contributed by atoms with Crippen LogP contribution in [0.1, 0.15) is 32.6 Å². The highest BCUT2D eigenvalue weighted by atomic mass is 16.5. The molecule has 1 aliphatic rings. The minimum atomic E-state index is -0.408. The van der Waals surface area contributed by atoms with E-state index >= 15 is 0 Å². The molecule has 0 aromatic heterocycles. The Kier molecular flexibility index (Phi) is 5.97. The van der Waals surface area contributed by atoms with Crippen molar-refractivity contribution < 1.29 is 24.2 Å². The summed E-state index contributed by atoms with van der Waals surface area (Å²) < 4.78 is 9.86. The molecular weight excluding hydrogens is 224 g/mol. The van der Waals surface area contributed by atoms with Gasteiger partial charge in [-0.25, -0.2) is 0 Å². The van der Waals surface area contributed by atoms with Gasteiger partial charge in [-0.05, 0) is 19.8 Å². The minimum absolute atomic E-state index is 0.00905. The second kappa shape index (κ2) is 7.27. The van der Waals surface area contributed by atoms with Crippen molar-refractivity contribution >= 4 is 11.9 Å². The van der Waals surface area contributed by atoms with Crippen LogP contribution in [0.5, 0.6) is 0 Å². The van der Waals surface area contributed by atoms with E-state index in [0.29, 0.717) is 19.4 Å². The molecule has 0 amide bonds. The number of carbonyl (C=O) groups excluding carboxylic acids is 2. The Morgan fingerprint density at radius 2 is 1.65 bits per heavy atom. The monoisotopic (exact) mass is 244 g/mol. The van der Waals surface area contributed by atoms with E-state index in [-0.39, 0.29) is 25.1 Å². The summed E-state index contributed by atoms with van der Waals surface area (Å²) in [6.45, 7) is 1.88. The van der Waals surface area contributed by atoms with E-state index in [1.54, 1.807) is 6.92 Å². The maximum atomic E-state index is 11.7. The number of aliphatic hydroxyl groups is 1. The van der Waals surface area contributed by atoms with Gasteiger partial charge in [-0.1, -0.05) is 12.8 Å². The van der Waals surface area contributed by atoms with Crippen LogP contribution in [0.25, 0.3) is 0 Å². The molecular formula is C12H20O5. The largest absolute Gasteiger partial charge is 0.466 e. The molecule has 5 nitrogen and oxygen atoms in total. The van der Waals surface area contributed by atoms with E-state index in [1.807, 2.05) is 0 Å². The van der Waals surface area contributed by atoms with Crippen molar-refractivity contribution in [3.8, 4) is 0 Å². The molecule has 2 atom stereocenters. The zero-order chi connectivity index (χ0) is 12.7. The third kappa shape index (κ3) is 4.00. The fourth-order valence-electron chi connectivity index (χ4n) is 2.20. The summed E-state index contributed by atoms with van der Waals surface area (Å²) in [5.74, 6) is -1.49. The van der Waals surface area contributed by atoms with Gasteiger partial charge in [0, 0.05) is 0 Å². The Balaban J connectivity index is 2.58. The van der Waals surface area contributed by atoms with Crippen LogP contribution in [-0.2, 0) is 19.1 Å². The van der Waals surface area contributed by atoms with E-state index in [0.717, 1.165) is 12.8 Å². The second-order valence-corrected chi connectivity index (χ2v) is 4.14. The molecule has 1 N–H and O–H groups in total. The molecule has 2 unspecified atom stereocenters. The molecule has 1 aliphatic carbocycles. The molecule has 0 aliphatic heterocycles. The third-order valence-corrected chi connectivity index (χ3v) is 2.99. The molecule has 5 heteroatoms. The lowest BCUT2D eigenvalue weighted by Crippen LogP contribution is -2.35. The van der Waals surface area contributed by atoms with Crippen LogP contribution < -0.4 is 0 Å². The highest BCUT2D eigenvalue weighted by Gasteiger charge is 2.37. The van der Waals surface area contributed by atoms with Crippen LogP contribution in [0.2, 0.25) is 0 Å². The topological polar surface area (TPSA) is 72.8 Å². The van der Waals surface area contributed by atoms with Crippen LogP contribution >= 0.6 is 0 Å². The van der Waals surface area contributed by atoms with Crippen LogP contribution in [0.15, 0.2) is 0 Å². The second-order valence-electron chi connectivity index (χ2n) is 4.14. The number of rotatable bonds is 5. The maximum absolute atomic E-state index is 11.7. The summed E-state index contributed by atoms with van der Waals surface area (Å²) >= 11 is 0. The number of carbonyl (C=O) groups is 2. The molecule has 0 aromatic rings. The van der Waals surface area contributed by atoms with Gasteiger partial charge >= 0.3 is 11.9 Å². The highest BCUT2D eigenvalue weighted by molar-refractivity contribution is 5.82. The fourth-order valence-corrected chi connectivity index (χ4v) is 2.20. The average molecular weight is 244 g/mol. The van der Waals surface area contributed by atoms with Crippen LogP contribution in [0.4, 0.5) is 0 Å². The van der Waals surface area contributed by atoms with E-state index in [2.05, 4.69) is 0 Å². The van der Waals surface area contributed by atoms with Crippen molar-refractivity contribution in [1.29, 1.82) is 0 Å². The van der Waals surface area contributed by atoms with Crippen molar-refractivity contribution in [1.82, 2.24) is 0 Å². The van der Waals surface area contributed by atoms with Gasteiger partial charge in [0.05, 0.1) is 25.0 Å². The van der Waals surface area contributed by atoms with Gasteiger partial charge in [0.1, 0.15) is 6.61 Å². The highest BCUT2D eigenvalue weighted by Crippen LogP contribution is 2.31. The molecule has 0 spiro atoms. The van der Waals surface area contributed by atoms with Crippen LogP contribution in [0.3, 0.4) is 0 Å². The zero-order valence-corrected chi connectivity index (χ0v) is 10.2. The van der Waals surface area contributed by atoms with Gasteiger partial charge in [-0.15, -0.1) is 0 Å². The molecule has 17 heavy (non-hydrogen) atoms. The lowest BCUT2D eigenvalue weighted by molar-refractivity contribution is -0.163. The standard InChI is InChI=1S/C12H20O5/c1-2-16-11(14)9-5-3-4-6-10(9)12(15)17-8-7-13/h9-10,13H,2-8H2,1H3. The predicted octanol–water partition coefficient (Wildman–Crippen LogP) is 0.891. The normalized spacial score (nSPS) is 24.1. The Morgan fingerprint density at radius 3 is 2.12 bits per heavy atom. The van der Waals surface area contributed by atoms with E-state index < -0.39 is 11.9 Å². The molecule has 0 saturated heterocycles. The Morgan fingerprint density at radius 1 is 1.12 bits per heavy atom. The number of aliphatic hydroxyl groups excluding tert-OH is 1. The molecule has 98 valence electrons. The van der Waals surface area contributed by atoms with Crippen LogP contribution in [-0.4, -0.2) is 36.9 Å². The summed E-state index contributed by atoms with van der Waals surface area (Å²) in [7, 11) is 0. The fraction of sp³-hybridized carbons (Fsp3) is 0.833. The summed E-state index contributed by atoms with van der Waals surface area (Å²) in [5, 5.41) is 8.60. The van der Waals surface area contributed by atoms with Gasteiger partial charge in [0.25, 0.3) is 0 Å². The van der Waals surface area contributed by atoms with Crippen molar-refractivity contribution in [2.75, 3.05) is 19.8 Å². The molecule has 0 bridgehead atoms. The maximum Gasteiger partial charge on any atom is 0.309 e. The third-order valence-electron chi connectivity index (χ3n) is 2.99. The van der Waals surface area contributed by atoms with Gasteiger partial charge in [-0.2, -0.15) is 0 Å². The molecule has 1 fully saturated rings. The molecule has 1 rings (SSSR count). The molecule has 0 aromatic carbocycles.